The molecule has 0 bridgehead atoms. The number of nitrogens with zero attached hydrogens (tertiary/aromatic N) is 5. The van der Waals surface area contributed by atoms with Crippen LogP contribution in [0.15, 0.2) is 48.8 Å². The van der Waals surface area contributed by atoms with Gasteiger partial charge in [0, 0.05) is 35.7 Å². The fraction of sp³-hybridized carbons (Fsp3) is 0.176. The summed E-state index contributed by atoms with van der Waals surface area (Å²) >= 11 is 0. The lowest BCUT2D eigenvalue weighted by Crippen LogP contribution is -2.20. The monoisotopic (exact) mass is 353 g/mol. The van der Waals surface area contributed by atoms with E-state index in [1.807, 2.05) is 0 Å². The minimum atomic E-state index is -1.03. The SMILES string of the molecule is CCC(C(=O)O)n1nc(-c2ccncc2)nc1-c1ccc([N+](=O)[O-])cc1. The van der Waals surface area contributed by atoms with E-state index < -0.39 is 16.9 Å². The summed E-state index contributed by atoms with van der Waals surface area (Å²) < 4.78 is 1.35. The molecule has 1 N–H and O–H groups in total. The number of nitro groups is 1. The molecule has 0 aliphatic heterocycles. The lowest BCUT2D eigenvalue weighted by Gasteiger charge is -2.12. The van der Waals surface area contributed by atoms with Crippen LogP contribution in [-0.2, 0) is 4.79 Å². The van der Waals surface area contributed by atoms with E-state index in [1.54, 1.807) is 31.5 Å². The first-order valence-corrected chi connectivity index (χ1v) is 7.85. The molecule has 132 valence electrons. The van der Waals surface area contributed by atoms with Crippen molar-refractivity contribution in [1.82, 2.24) is 19.7 Å². The van der Waals surface area contributed by atoms with Gasteiger partial charge in [-0.3, -0.25) is 15.1 Å². The van der Waals surface area contributed by atoms with Crippen LogP contribution in [0.1, 0.15) is 19.4 Å². The molecule has 9 heteroatoms. The number of hydrogen-bond acceptors (Lipinski definition) is 6. The number of carbonyl (C=O) groups is 1. The number of non-ortho nitro benzene ring substituents is 1. The van der Waals surface area contributed by atoms with Gasteiger partial charge in [0.15, 0.2) is 17.7 Å². The molecule has 3 rings (SSSR count). The molecule has 0 spiro atoms. The van der Waals surface area contributed by atoms with Crippen LogP contribution in [0.3, 0.4) is 0 Å². The summed E-state index contributed by atoms with van der Waals surface area (Å²) in [4.78, 5) is 30.4. The van der Waals surface area contributed by atoms with Crippen molar-refractivity contribution in [3.8, 4) is 22.8 Å². The molecule has 0 fully saturated rings. The average Bonchev–Trinajstić information content (AvgIpc) is 3.08. The highest BCUT2D eigenvalue weighted by molar-refractivity contribution is 5.73. The number of hydrogen-bond donors (Lipinski definition) is 1. The second-order valence-corrected chi connectivity index (χ2v) is 5.51. The van der Waals surface area contributed by atoms with E-state index in [1.165, 1.54) is 28.9 Å². The maximum Gasteiger partial charge on any atom is 0.328 e. The smallest absolute Gasteiger partial charge is 0.328 e. The van der Waals surface area contributed by atoms with Crippen LogP contribution < -0.4 is 0 Å². The highest BCUT2D eigenvalue weighted by Crippen LogP contribution is 2.27. The third kappa shape index (κ3) is 3.27. The van der Waals surface area contributed by atoms with Crippen LogP contribution in [0, 0.1) is 10.1 Å². The Labute approximate surface area is 148 Å². The molecule has 0 aliphatic carbocycles. The van der Waals surface area contributed by atoms with Gasteiger partial charge in [-0.2, -0.15) is 0 Å². The summed E-state index contributed by atoms with van der Waals surface area (Å²) in [5, 5.41) is 24.7. The lowest BCUT2D eigenvalue weighted by molar-refractivity contribution is -0.384. The van der Waals surface area contributed by atoms with Crippen LogP contribution in [0.4, 0.5) is 5.69 Å². The van der Waals surface area contributed by atoms with Crippen LogP contribution in [0.5, 0.6) is 0 Å². The Balaban J connectivity index is 2.14. The van der Waals surface area contributed by atoms with Gasteiger partial charge in [-0.15, -0.1) is 5.10 Å². The first-order valence-electron chi connectivity index (χ1n) is 7.85. The molecule has 2 heterocycles. The van der Waals surface area contributed by atoms with Gasteiger partial charge in [0.1, 0.15) is 0 Å². The van der Waals surface area contributed by atoms with Gasteiger partial charge in [0.2, 0.25) is 0 Å². The van der Waals surface area contributed by atoms with Gasteiger partial charge in [0.05, 0.1) is 4.92 Å². The number of rotatable bonds is 6. The first kappa shape index (κ1) is 17.2. The van der Waals surface area contributed by atoms with E-state index in [0.717, 1.165) is 0 Å². The van der Waals surface area contributed by atoms with E-state index in [9.17, 15) is 20.0 Å². The topological polar surface area (TPSA) is 124 Å². The van der Waals surface area contributed by atoms with Crippen LogP contribution in [0.2, 0.25) is 0 Å². The van der Waals surface area contributed by atoms with Crippen molar-refractivity contribution in [3.05, 3.63) is 58.9 Å². The zero-order valence-electron chi connectivity index (χ0n) is 13.8. The molecule has 2 aromatic heterocycles. The van der Waals surface area contributed by atoms with Crippen LogP contribution >= 0.6 is 0 Å². The third-order valence-corrected chi connectivity index (χ3v) is 3.87. The largest absolute Gasteiger partial charge is 0.480 e. The quantitative estimate of drug-likeness (QED) is 0.533. The number of pyridine rings is 1. The maximum atomic E-state index is 11.6. The number of carboxylic acids is 1. The summed E-state index contributed by atoms with van der Waals surface area (Å²) in [7, 11) is 0. The van der Waals surface area contributed by atoms with Crippen molar-refractivity contribution in [1.29, 1.82) is 0 Å². The van der Waals surface area contributed by atoms with Gasteiger partial charge in [0.25, 0.3) is 5.69 Å². The highest BCUT2D eigenvalue weighted by Gasteiger charge is 2.25. The molecule has 0 radical (unpaired) electrons. The van der Waals surface area contributed by atoms with E-state index in [4.69, 9.17) is 0 Å². The predicted octanol–water partition coefficient (Wildman–Crippen LogP) is 2.95. The summed E-state index contributed by atoms with van der Waals surface area (Å²) in [5.74, 6) is -0.330. The zero-order chi connectivity index (χ0) is 18.7. The van der Waals surface area contributed by atoms with Gasteiger partial charge >= 0.3 is 5.97 Å². The molecule has 0 saturated heterocycles. The summed E-state index contributed by atoms with van der Waals surface area (Å²) in [6.07, 6.45) is 3.50. The second kappa shape index (κ2) is 7.09. The lowest BCUT2D eigenvalue weighted by atomic mass is 10.1. The Morgan fingerprint density at radius 3 is 2.38 bits per heavy atom. The van der Waals surface area contributed by atoms with Gasteiger partial charge < -0.3 is 5.11 Å². The van der Waals surface area contributed by atoms with Crippen molar-refractivity contribution < 1.29 is 14.8 Å². The maximum absolute atomic E-state index is 11.6. The minimum absolute atomic E-state index is 0.0561. The molecular formula is C17H15N5O4. The molecule has 26 heavy (non-hydrogen) atoms. The Morgan fingerprint density at radius 1 is 1.19 bits per heavy atom. The summed E-state index contributed by atoms with van der Waals surface area (Å²) in [6.45, 7) is 1.74. The number of aromatic nitrogens is 4. The Bertz CT molecular complexity index is 938. The Hall–Kier alpha value is -3.62. The number of carboxylic acid groups (broad SMARTS) is 1. The van der Waals surface area contributed by atoms with Crippen molar-refractivity contribution >= 4 is 11.7 Å². The van der Waals surface area contributed by atoms with E-state index in [-0.39, 0.29) is 5.69 Å². The van der Waals surface area contributed by atoms with Crippen molar-refractivity contribution in [2.75, 3.05) is 0 Å². The standard InChI is InChI=1S/C17H15N5O4/c1-2-14(17(23)24)21-16(12-3-5-13(6-4-12)22(25)26)19-15(20-21)11-7-9-18-10-8-11/h3-10,14H,2H2,1H3,(H,23,24). The molecular weight excluding hydrogens is 338 g/mol. The van der Waals surface area contributed by atoms with Crippen molar-refractivity contribution in [2.24, 2.45) is 0 Å². The van der Waals surface area contributed by atoms with Crippen molar-refractivity contribution in [2.45, 2.75) is 19.4 Å². The molecule has 1 unspecified atom stereocenters. The highest BCUT2D eigenvalue weighted by atomic mass is 16.6. The fourth-order valence-corrected chi connectivity index (χ4v) is 2.55. The average molecular weight is 353 g/mol. The Morgan fingerprint density at radius 2 is 1.85 bits per heavy atom. The van der Waals surface area contributed by atoms with Gasteiger partial charge in [-0.25, -0.2) is 14.5 Å². The molecule has 1 atom stereocenters. The predicted molar refractivity (Wildman–Crippen MR) is 92.3 cm³/mol. The molecule has 0 aliphatic rings. The number of benzene rings is 1. The van der Waals surface area contributed by atoms with E-state index >= 15 is 0 Å². The van der Waals surface area contributed by atoms with Crippen LogP contribution in [-0.4, -0.2) is 35.7 Å². The first-order chi connectivity index (χ1) is 12.5. The molecule has 0 saturated carbocycles. The zero-order valence-corrected chi connectivity index (χ0v) is 13.8. The van der Waals surface area contributed by atoms with E-state index in [0.29, 0.717) is 29.2 Å². The summed E-state index contributed by atoms with van der Waals surface area (Å²) in [6, 6.07) is 8.31. The molecule has 0 amide bonds. The summed E-state index contributed by atoms with van der Waals surface area (Å²) in [5.41, 5.74) is 1.18. The molecule has 3 aromatic rings. The third-order valence-electron chi connectivity index (χ3n) is 3.87. The van der Waals surface area contributed by atoms with Crippen molar-refractivity contribution in [3.63, 3.8) is 0 Å². The normalized spacial score (nSPS) is 11.9. The van der Waals surface area contributed by atoms with Gasteiger partial charge in [-0.1, -0.05) is 6.92 Å². The van der Waals surface area contributed by atoms with Crippen LogP contribution in [0.25, 0.3) is 22.8 Å². The molecule has 9 nitrogen and oxygen atoms in total. The molecule has 1 aromatic carbocycles. The second-order valence-electron chi connectivity index (χ2n) is 5.51. The Kier molecular flexibility index (Phi) is 4.70. The fourth-order valence-electron chi connectivity index (χ4n) is 2.55. The van der Waals surface area contributed by atoms with E-state index in [2.05, 4.69) is 15.1 Å². The number of nitro benzene ring substituents is 1. The minimum Gasteiger partial charge on any atom is -0.480 e. The van der Waals surface area contributed by atoms with Gasteiger partial charge in [-0.05, 0) is 30.7 Å². The number of aliphatic carboxylic acids is 1.